The Morgan fingerprint density at radius 1 is 1.25 bits per heavy atom. The minimum atomic E-state index is -0.257. The minimum absolute atomic E-state index is 0.252. The number of rotatable bonds is 1. The second kappa shape index (κ2) is 3.88. The quantitative estimate of drug-likeness (QED) is 0.824. The average Bonchev–Trinajstić information content (AvgIpc) is 2.44. The summed E-state index contributed by atoms with van der Waals surface area (Å²) < 4.78 is 1.28. The van der Waals surface area contributed by atoms with Crippen molar-refractivity contribution in [3.8, 4) is 11.1 Å². The van der Waals surface area contributed by atoms with Crippen molar-refractivity contribution in [3.05, 3.63) is 38.6 Å². The zero-order valence-electron chi connectivity index (χ0n) is 8.42. The molecule has 0 fully saturated rings. The number of H-pyrrole nitrogens is 1. The molecule has 0 saturated heterocycles. The Morgan fingerprint density at radius 2 is 1.81 bits per heavy atom. The SMILES string of the molecule is Cn1[nH]c(N)c(-c2c(Cl)cccc2Cl)c1=O. The van der Waals surface area contributed by atoms with Crippen LogP contribution in [0.4, 0.5) is 5.82 Å². The van der Waals surface area contributed by atoms with E-state index in [1.807, 2.05) is 0 Å². The first-order chi connectivity index (χ1) is 7.52. The van der Waals surface area contributed by atoms with E-state index in [1.165, 1.54) is 4.68 Å². The van der Waals surface area contributed by atoms with Gasteiger partial charge in [0.05, 0.1) is 15.6 Å². The molecule has 0 bridgehead atoms. The van der Waals surface area contributed by atoms with Crippen molar-refractivity contribution in [2.75, 3.05) is 5.73 Å². The maximum Gasteiger partial charge on any atom is 0.276 e. The molecule has 1 heterocycles. The van der Waals surface area contributed by atoms with Crippen molar-refractivity contribution in [2.24, 2.45) is 7.05 Å². The summed E-state index contributed by atoms with van der Waals surface area (Å²) in [6.45, 7) is 0. The predicted octanol–water partition coefficient (Wildman–Crippen LogP) is 2.27. The van der Waals surface area contributed by atoms with Crippen molar-refractivity contribution in [1.82, 2.24) is 9.78 Å². The van der Waals surface area contributed by atoms with Gasteiger partial charge in [-0.05, 0) is 12.1 Å². The van der Waals surface area contributed by atoms with E-state index in [0.29, 0.717) is 21.2 Å². The molecule has 84 valence electrons. The third kappa shape index (κ3) is 1.60. The first kappa shape index (κ1) is 11.1. The molecule has 0 radical (unpaired) electrons. The minimum Gasteiger partial charge on any atom is -0.383 e. The summed E-state index contributed by atoms with van der Waals surface area (Å²) in [6.07, 6.45) is 0. The number of nitrogens with one attached hydrogen (secondary N) is 1. The molecule has 3 N–H and O–H groups in total. The summed E-state index contributed by atoms with van der Waals surface area (Å²) in [5.41, 5.74) is 6.23. The highest BCUT2D eigenvalue weighted by Gasteiger charge is 2.17. The Labute approximate surface area is 102 Å². The summed E-state index contributed by atoms with van der Waals surface area (Å²) in [7, 11) is 1.58. The number of nitrogens with two attached hydrogens (primary N) is 1. The van der Waals surface area contributed by atoms with Crippen LogP contribution in [0.2, 0.25) is 10.0 Å². The summed E-state index contributed by atoms with van der Waals surface area (Å²) in [6, 6.07) is 5.03. The molecule has 6 heteroatoms. The molecule has 2 rings (SSSR count). The van der Waals surface area contributed by atoms with Crippen LogP contribution in [-0.2, 0) is 7.05 Å². The molecular formula is C10H9Cl2N3O. The Kier molecular flexibility index (Phi) is 2.69. The summed E-state index contributed by atoms with van der Waals surface area (Å²) in [4.78, 5) is 11.8. The number of benzene rings is 1. The molecule has 0 amide bonds. The number of hydrogen-bond donors (Lipinski definition) is 2. The zero-order valence-corrected chi connectivity index (χ0v) is 9.93. The normalized spacial score (nSPS) is 10.7. The Morgan fingerprint density at radius 3 is 2.25 bits per heavy atom. The fourth-order valence-corrected chi connectivity index (χ4v) is 2.13. The number of aryl methyl sites for hydroxylation is 1. The summed E-state index contributed by atoms with van der Waals surface area (Å²) in [5.74, 6) is 0.252. The second-order valence-corrected chi connectivity index (χ2v) is 4.18. The second-order valence-electron chi connectivity index (χ2n) is 3.36. The summed E-state index contributed by atoms with van der Waals surface area (Å²) >= 11 is 12.0. The van der Waals surface area contributed by atoms with Gasteiger partial charge in [0.1, 0.15) is 5.82 Å². The van der Waals surface area contributed by atoms with Crippen LogP contribution < -0.4 is 11.3 Å². The molecule has 0 aliphatic carbocycles. The monoisotopic (exact) mass is 257 g/mol. The highest BCUT2D eigenvalue weighted by Crippen LogP contribution is 2.34. The standard InChI is InChI=1S/C10H9Cl2N3O/c1-15-10(16)8(9(13)14-15)7-5(11)3-2-4-6(7)12/h2-4,14H,13H2,1H3. The van der Waals surface area contributed by atoms with Crippen LogP contribution in [0.25, 0.3) is 11.1 Å². The lowest BCUT2D eigenvalue weighted by atomic mass is 10.1. The number of aromatic nitrogens is 2. The van der Waals surface area contributed by atoms with Crippen molar-refractivity contribution in [2.45, 2.75) is 0 Å². The molecule has 1 aromatic carbocycles. The van der Waals surface area contributed by atoms with Crippen molar-refractivity contribution in [1.29, 1.82) is 0 Å². The van der Waals surface area contributed by atoms with E-state index < -0.39 is 0 Å². The van der Waals surface area contributed by atoms with E-state index in [0.717, 1.165) is 0 Å². The van der Waals surface area contributed by atoms with Gasteiger partial charge in [0, 0.05) is 12.6 Å². The maximum atomic E-state index is 11.8. The lowest BCUT2D eigenvalue weighted by molar-refractivity contribution is 0.744. The van der Waals surface area contributed by atoms with Crippen molar-refractivity contribution >= 4 is 29.0 Å². The van der Waals surface area contributed by atoms with Crippen LogP contribution in [0, 0.1) is 0 Å². The molecule has 2 aromatic rings. The number of aromatic amines is 1. The largest absolute Gasteiger partial charge is 0.383 e. The van der Waals surface area contributed by atoms with Crippen LogP contribution >= 0.6 is 23.2 Å². The van der Waals surface area contributed by atoms with E-state index in [-0.39, 0.29) is 11.4 Å². The molecule has 0 unspecified atom stereocenters. The van der Waals surface area contributed by atoms with E-state index in [2.05, 4.69) is 5.10 Å². The highest BCUT2D eigenvalue weighted by atomic mass is 35.5. The van der Waals surface area contributed by atoms with Crippen LogP contribution in [0.5, 0.6) is 0 Å². The van der Waals surface area contributed by atoms with Gasteiger partial charge in [0.25, 0.3) is 5.56 Å². The highest BCUT2D eigenvalue weighted by molar-refractivity contribution is 6.39. The molecule has 1 aromatic heterocycles. The number of hydrogen-bond acceptors (Lipinski definition) is 2. The van der Waals surface area contributed by atoms with Gasteiger partial charge in [-0.2, -0.15) is 0 Å². The third-order valence-corrected chi connectivity index (χ3v) is 2.92. The maximum absolute atomic E-state index is 11.8. The van der Waals surface area contributed by atoms with Gasteiger partial charge in [0.2, 0.25) is 0 Å². The Bertz CT molecular complexity index is 580. The molecule has 0 aliphatic heterocycles. The first-order valence-electron chi connectivity index (χ1n) is 4.51. The fraction of sp³-hybridized carbons (Fsp3) is 0.100. The molecule has 0 spiro atoms. The van der Waals surface area contributed by atoms with Gasteiger partial charge in [-0.15, -0.1) is 0 Å². The average molecular weight is 258 g/mol. The van der Waals surface area contributed by atoms with E-state index in [4.69, 9.17) is 28.9 Å². The zero-order chi connectivity index (χ0) is 11.9. The van der Waals surface area contributed by atoms with Gasteiger partial charge < -0.3 is 5.73 Å². The van der Waals surface area contributed by atoms with E-state index >= 15 is 0 Å². The number of halogens is 2. The van der Waals surface area contributed by atoms with Gasteiger partial charge in [-0.25, -0.2) is 0 Å². The van der Waals surface area contributed by atoms with Gasteiger partial charge in [0.15, 0.2) is 0 Å². The number of anilines is 1. The van der Waals surface area contributed by atoms with Gasteiger partial charge >= 0.3 is 0 Å². The number of nitrogens with zero attached hydrogens (tertiary/aromatic N) is 1. The molecule has 0 atom stereocenters. The molecule has 0 aliphatic rings. The summed E-state index contributed by atoms with van der Waals surface area (Å²) in [5, 5.41) is 3.49. The number of nitrogen functional groups attached to an aromatic ring is 1. The van der Waals surface area contributed by atoms with Crippen LogP contribution in [0.1, 0.15) is 0 Å². The third-order valence-electron chi connectivity index (χ3n) is 2.29. The molecule has 0 saturated carbocycles. The topological polar surface area (TPSA) is 63.8 Å². The molecule has 16 heavy (non-hydrogen) atoms. The van der Waals surface area contributed by atoms with Gasteiger partial charge in [-0.1, -0.05) is 29.3 Å². The Balaban J connectivity index is 2.82. The molecular weight excluding hydrogens is 249 g/mol. The Hall–Kier alpha value is -1.39. The lowest BCUT2D eigenvalue weighted by Crippen LogP contribution is -2.13. The first-order valence-corrected chi connectivity index (χ1v) is 5.27. The smallest absolute Gasteiger partial charge is 0.276 e. The van der Waals surface area contributed by atoms with Crippen LogP contribution in [0.3, 0.4) is 0 Å². The van der Waals surface area contributed by atoms with Crippen molar-refractivity contribution in [3.63, 3.8) is 0 Å². The predicted molar refractivity (Wildman–Crippen MR) is 65.9 cm³/mol. The fourth-order valence-electron chi connectivity index (χ4n) is 1.55. The lowest BCUT2D eigenvalue weighted by Gasteiger charge is -2.03. The van der Waals surface area contributed by atoms with E-state index in [1.54, 1.807) is 25.2 Å². The molecule has 4 nitrogen and oxygen atoms in total. The van der Waals surface area contributed by atoms with Crippen LogP contribution in [-0.4, -0.2) is 9.78 Å². The van der Waals surface area contributed by atoms with Crippen LogP contribution in [0.15, 0.2) is 23.0 Å². The van der Waals surface area contributed by atoms with Gasteiger partial charge in [-0.3, -0.25) is 14.6 Å². The van der Waals surface area contributed by atoms with Crippen molar-refractivity contribution < 1.29 is 0 Å². The van der Waals surface area contributed by atoms with E-state index in [9.17, 15) is 4.79 Å².